The topological polar surface area (TPSA) is 224 Å². The van der Waals surface area contributed by atoms with Gasteiger partial charge in [0.2, 0.25) is 16.7 Å². The van der Waals surface area contributed by atoms with Crippen LogP contribution < -0.4 is 11.1 Å². The van der Waals surface area contributed by atoms with Crippen LogP contribution in [0.4, 0.5) is 5.13 Å². The fourth-order valence-corrected chi connectivity index (χ4v) is 6.12. The number of carboxylic acid groups (broad SMARTS) is 1. The highest BCUT2D eigenvalue weighted by Crippen LogP contribution is 2.41. The maximum absolute atomic E-state index is 12.9. The molecular formula is C16H18N10O6S3. The van der Waals surface area contributed by atoms with Crippen LogP contribution in [0, 0.1) is 0 Å². The number of anilines is 1. The van der Waals surface area contributed by atoms with Gasteiger partial charge in [-0.2, -0.15) is 9.36 Å². The van der Waals surface area contributed by atoms with Crippen molar-refractivity contribution < 1.29 is 29.4 Å². The molecule has 0 radical (unpaired) electrons. The average Bonchev–Trinajstić information content (AvgIpc) is 3.47. The number of thioether (sulfide) groups is 2. The van der Waals surface area contributed by atoms with E-state index < -0.39 is 29.2 Å². The van der Waals surface area contributed by atoms with Gasteiger partial charge in [-0.15, -0.1) is 16.9 Å². The number of carboxylic acids is 1. The Morgan fingerprint density at radius 3 is 2.89 bits per heavy atom. The molecule has 2 aromatic heterocycles. The predicted octanol–water partition coefficient (Wildman–Crippen LogP) is -2.02. The molecular weight excluding hydrogens is 524 g/mol. The quantitative estimate of drug-likeness (QED) is 0.110. The summed E-state index contributed by atoms with van der Waals surface area (Å²) >= 11 is 3.37. The molecule has 0 saturated carbocycles. The second-order valence-electron chi connectivity index (χ2n) is 6.89. The lowest BCUT2D eigenvalue weighted by atomic mass is 10.0. The molecule has 35 heavy (non-hydrogen) atoms. The molecule has 1 saturated heterocycles. The van der Waals surface area contributed by atoms with Gasteiger partial charge in [0.05, 0.1) is 13.2 Å². The molecule has 2 atom stereocenters. The molecule has 186 valence electrons. The third-order valence-corrected chi connectivity index (χ3v) is 7.70. The number of nitrogens with one attached hydrogen (secondary N) is 1. The number of nitrogen functional groups attached to an aromatic ring is 1. The largest absolute Gasteiger partial charge is 0.477 e. The van der Waals surface area contributed by atoms with Gasteiger partial charge in [0, 0.05) is 23.0 Å². The molecule has 0 aromatic carbocycles. The Balaban J connectivity index is 1.48. The minimum atomic E-state index is -1.26. The van der Waals surface area contributed by atoms with Crippen LogP contribution in [0.25, 0.3) is 0 Å². The van der Waals surface area contributed by atoms with Gasteiger partial charge in [-0.25, -0.2) is 9.48 Å². The van der Waals surface area contributed by atoms with Gasteiger partial charge in [-0.1, -0.05) is 16.9 Å². The molecule has 1 unspecified atom stereocenters. The number of aliphatic carboxylic acids is 1. The number of aliphatic hydroxyl groups excluding tert-OH is 1. The monoisotopic (exact) mass is 542 g/mol. The Bertz CT molecular complexity index is 1210. The Morgan fingerprint density at radius 1 is 1.43 bits per heavy atom. The number of carbonyl (C=O) groups excluding carboxylic acids is 2. The number of tetrazole rings is 1. The summed E-state index contributed by atoms with van der Waals surface area (Å²) in [6, 6.07) is -0.981. The van der Waals surface area contributed by atoms with E-state index in [2.05, 4.69) is 35.4 Å². The SMILES string of the molecule is CON=C(C(=O)NC1C(=O)N2C(C(=O)O)=C(CSc3nnnn3CCO)CS[C@H]12)c1nsc(N)n1. The van der Waals surface area contributed by atoms with Gasteiger partial charge in [0.15, 0.2) is 5.13 Å². The summed E-state index contributed by atoms with van der Waals surface area (Å²) in [6.07, 6.45) is 0. The Kier molecular flexibility index (Phi) is 7.48. The van der Waals surface area contributed by atoms with Crippen molar-refractivity contribution in [1.29, 1.82) is 0 Å². The first-order valence-electron chi connectivity index (χ1n) is 9.77. The first-order valence-corrected chi connectivity index (χ1v) is 12.6. The van der Waals surface area contributed by atoms with Gasteiger partial charge in [-0.05, 0) is 16.0 Å². The first kappa shape index (κ1) is 24.8. The summed E-state index contributed by atoms with van der Waals surface area (Å²) in [4.78, 5) is 47.5. The lowest BCUT2D eigenvalue weighted by Gasteiger charge is -2.49. The molecule has 2 aliphatic rings. The first-order chi connectivity index (χ1) is 16.8. The van der Waals surface area contributed by atoms with Crippen LogP contribution in [-0.2, 0) is 25.8 Å². The van der Waals surface area contributed by atoms with Crippen molar-refractivity contribution in [2.45, 2.75) is 23.1 Å². The molecule has 0 aliphatic carbocycles. The standard InChI is InChI=1S/C16H18N10O6S3/c1-32-21-7(10-19-15(17)35-22-10)11(28)18-8-12(29)26-9(14(30)31)6(4-33-13(8)26)5-34-16-20-23-24-25(16)2-3-27/h8,13,27H,2-5H2,1H3,(H,18,28)(H,30,31)(H2,17,19,22)/t8?,13-/m1/s1. The summed E-state index contributed by atoms with van der Waals surface area (Å²) in [7, 11) is 1.24. The van der Waals surface area contributed by atoms with E-state index in [1.807, 2.05) is 0 Å². The number of nitrogens with zero attached hydrogens (tertiary/aromatic N) is 8. The summed E-state index contributed by atoms with van der Waals surface area (Å²) in [5.41, 5.74) is 5.66. The number of nitrogens with two attached hydrogens (primary N) is 1. The molecule has 2 aliphatic heterocycles. The van der Waals surface area contributed by atoms with E-state index in [1.165, 1.54) is 35.3 Å². The molecule has 19 heteroatoms. The molecule has 0 bridgehead atoms. The number of β-lactam (4-membered cyclic amide) rings is 1. The predicted molar refractivity (Wildman–Crippen MR) is 123 cm³/mol. The third-order valence-electron chi connectivity index (χ3n) is 4.77. The van der Waals surface area contributed by atoms with E-state index in [0.29, 0.717) is 16.5 Å². The number of carbonyl (C=O) groups is 3. The maximum Gasteiger partial charge on any atom is 0.352 e. The highest BCUT2D eigenvalue weighted by Gasteiger charge is 2.54. The van der Waals surface area contributed by atoms with Gasteiger partial charge < -0.3 is 26.1 Å². The van der Waals surface area contributed by atoms with Crippen molar-refractivity contribution in [3.05, 3.63) is 17.1 Å². The highest BCUT2D eigenvalue weighted by molar-refractivity contribution is 8.01. The summed E-state index contributed by atoms with van der Waals surface area (Å²) in [5, 5.41) is 36.2. The number of hydrogen-bond donors (Lipinski definition) is 4. The van der Waals surface area contributed by atoms with E-state index >= 15 is 0 Å². The van der Waals surface area contributed by atoms with Crippen LogP contribution >= 0.6 is 35.1 Å². The van der Waals surface area contributed by atoms with Crippen molar-refractivity contribution in [2.24, 2.45) is 5.16 Å². The Hall–Kier alpha value is -3.29. The summed E-state index contributed by atoms with van der Waals surface area (Å²) < 4.78 is 5.33. The second kappa shape index (κ2) is 10.5. The molecule has 5 N–H and O–H groups in total. The second-order valence-corrected chi connectivity index (χ2v) is 9.72. The molecule has 2 aromatic rings. The van der Waals surface area contributed by atoms with Gasteiger partial charge in [0.1, 0.15) is 24.2 Å². The van der Waals surface area contributed by atoms with Crippen LogP contribution in [0.2, 0.25) is 0 Å². The van der Waals surface area contributed by atoms with E-state index in [9.17, 15) is 19.5 Å². The van der Waals surface area contributed by atoms with E-state index in [0.717, 1.165) is 16.4 Å². The fourth-order valence-electron chi connectivity index (χ4n) is 3.30. The van der Waals surface area contributed by atoms with Crippen molar-refractivity contribution in [1.82, 2.24) is 39.8 Å². The van der Waals surface area contributed by atoms with Crippen LogP contribution in [0.1, 0.15) is 5.82 Å². The number of rotatable bonds is 10. The van der Waals surface area contributed by atoms with Crippen molar-refractivity contribution in [3.8, 4) is 0 Å². The normalized spacial score (nSPS) is 19.9. The zero-order chi connectivity index (χ0) is 25.1. The third kappa shape index (κ3) is 4.92. The minimum absolute atomic E-state index is 0.0549. The van der Waals surface area contributed by atoms with Gasteiger partial charge in [-0.3, -0.25) is 14.5 Å². The average molecular weight is 543 g/mol. The Labute approximate surface area is 209 Å². The molecule has 2 amide bonds. The number of amides is 2. The zero-order valence-corrected chi connectivity index (χ0v) is 20.3. The lowest BCUT2D eigenvalue weighted by molar-refractivity contribution is -0.150. The molecule has 4 rings (SSSR count). The number of hydrogen-bond acceptors (Lipinski definition) is 15. The number of oxime groups is 1. The van der Waals surface area contributed by atoms with E-state index in [1.54, 1.807) is 0 Å². The van der Waals surface area contributed by atoms with Crippen molar-refractivity contribution in [3.63, 3.8) is 0 Å². The minimum Gasteiger partial charge on any atom is -0.477 e. The van der Waals surface area contributed by atoms with E-state index in [-0.39, 0.29) is 41.3 Å². The van der Waals surface area contributed by atoms with Crippen molar-refractivity contribution in [2.75, 3.05) is 31.0 Å². The molecule has 4 heterocycles. The summed E-state index contributed by atoms with van der Waals surface area (Å²) in [6.45, 7) is 0.0394. The van der Waals surface area contributed by atoms with E-state index in [4.69, 9.17) is 15.7 Å². The lowest BCUT2D eigenvalue weighted by Crippen LogP contribution is -2.71. The molecule has 16 nitrogen and oxygen atoms in total. The van der Waals surface area contributed by atoms with Gasteiger partial charge in [0.25, 0.3) is 11.8 Å². The zero-order valence-electron chi connectivity index (χ0n) is 17.9. The fraction of sp³-hybridized carbons (Fsp3) is 0.438. The maximum atomic E-state index is 12.9. The highest BCUT2D eigenvalue weighted by atomic mass is 32.2. The number of aromatic nitrogens is 6. The van der Waals surface area contributed by atoms with Crippen LogP contribution in [0.3, 0.4) is 0 Å². The van der Waals surface area contributed by atoms with Crippen LogP contribution in [0.15, 0.2) is 21.6 Å². The van der Waals surface area contributed by atoms with Crippen molar-refractivity contribution >= 4 is 63.7 Å². The Morgan fingerprint density at radius 2 is 2.23 bits per heavy atom. The molecule has 1 fully saturated rings. The number of aliphatic hydroxyl groups is 1. The smallest absolute Gasteiger partial charge is 0.352 e. The van der Waals surface area contributed by atoms with Crippen LogP contribution in [-0.4, -0.2) is 105 Å². The molecule has 0 spiro atoms. The van der Waals surface area contributed by atoms with Crippen LogP contribution in [0.5, 0.6) is 0 Å². The number of fused-ring (bicyclic) bond motifs is 1. The van der Waals surface area contributed by atoms with Gasteiger partial charge >= 0.3 is 5.97 Å². The summed E-state index contributed by atoms with van der Waals surface area (Å²) in [5.74, 6) is -2.14.